The fraction of sp³-hybridized carbons (Fsp3) is 0.632. The van der Waals surface area contributed by atoms with Crippen molar-refractivity contribution in [1.82, 2.24) is 10.6 Å². The van der Waals surface area contributed by atoms with E-state index in [-0.39, 0.29) is 17.7 Å². The van der Waals surface area contributed by atoms with Crippen molar-refractivity contribution < 1.29 is 9.53 Å². The van der Waals surface area contributed by atoms with Gasteiger partial charge in [0.1, 0.15) is 5.75 Å². The van der Waals surface area contributed by atoms with Crippen molar-refractivity contribution in [3.05, 3.63) is 23.8 Å². The summed E-state index contributed by atoms with van der Waals surface area (Å²) in [6.07, 6.45) is 7.38. The molecule has 0 bridgehead atoms. The summed E-state index contributed by atoms with van der Waals surface area (Å²) in [5.41, 5.74) is 2.47. The molecule has 1 unspecified atom stereocenters. The van der Waals surface area contributed by atoms with Gasteiger partial charge in [0.2, 0.25) is 0 Å². The van der Waals surface area contributed by atoms with Crippen LogP contribution in [-0.2, 0) is 5.41 Å². The summed E-state index contributed by atoms with van der Waals surface area (Å²) in [6.45, 7) is 4.01. The molecule has 1 aromatic carbocycles. The van der Waals surface area contributed by atoms with Crippen molar-refractivity contribution in [2.24, 2.45) is 5.92 Å². The Kier molecular flexibility index (Phi) is 4.12. The monoisotopic (exact) mass is 329 g/mol. The third-order valence-electron chi connectivity index (χ3n) is 6.01. The first kappa shape index (κ1) is 15.8. The molecule has 1 amide bonds. The first-order chi connectivity index (χ1) is 11.6. The Labute approximate surface area is 143 Å². The summed E-state index contributed by atoms with van der Waals surface area (Å²) < 4.78 is 5.53. The van der Waals surface area contributed by atoms with Gasteiger partial charge in [-0.25, -0.2) is 4.79 Å². The number of nitrogens with one attached hydrogen (secondary N) is 3. The van der Waals surface area contributed by atoms with Crippen molar-refractivity contribution in [2.75, 3.05) is 18.4 Å². The van der Waals surface area contributed by atoms with E-state index in [1.807, 2.05) is 18.2 Å². The van der Waals surface area contributed by atoms with Crippen LogP contribution in [0.1, 0.15) is 51.0 Å². The molecule has 1 saturated carbocycles. The lowest BCUT2D eigenvalue weighted by molar-refractivity contribution is 0.196. The van der Waals surface area contributed by atoms with Gasteiger partial charge in [-0.3, -0.25) is 5.32 Å². The summed E-state index contributed by atoms with van der Waals surface area (Å²) in [5, 5.41) is 9.95. The van der Waals surface area contributed by atoms with Crippen LogP contribution in [0.15, 0.2) is 18.2 Å². The van der Waals surface area contributed by atoms with E-state index in [1.165, 1.54) is 37.7 Å². The molecule has 2 aliphatic heterocycles. The van der Waals surface area contributed by atoms with E-state index in [0.29, 0.717) is 11.7 Å². The number of carbonyl (C=O) groups is 1. The number of amides is 1. The third kappa shape index (κ3) is 2.86. The van der Waals surface area contributed by atoms with Gasteiger partial charge in [0, 0.05) is 17.6 Å². The molecule has 1 aliphatic carbocycles. The summed E-state index contributed by atoms with van der Waals surface area (Å²) in [7, 11) is 0. The molecule has 4 rings (SSSR count). The van der Waals surface area contributed by atoms with Crippen LogP contribution in [0.2, 0.25) is 0 Å². The molecule has 0 spiro atoms. The van der Waals surface area contributed by atoms with Gasteiger partial charge in [-0.15, -0.1) is 0 Å². The second-order valence-corrected chi connectivity index (χ2v) is 7.68. The average Bonchev–Trinajstić information content (AvgIpc) is 3.08. The Morgan fingerprint density at radius 3 is 3.00 bits per heavy atom. The second kappa shape index (κ2) is 6.28. The third-order valence-corrected chi connectivity index (χ3v) is 6.01. The van der Waals surface area contributed by atoms with Gasteiger partial charge in [-0.2, -0.15) is 0 Å². The number of rotatable bonds is 3. The summed E-state index contributed by atoms with van der Waals surface area (Å²) in [4.78, 5) is 12.1. The molecule has 5 nitrogen and oxygen atoms in total. The molecule has 2 fully saturated rings. The predicted molar refractivity (Wildman–Crippen MR) is 94.4 cm³/mol. The molecule has 0 radical (unpaired) electrons. The first-order valence-electron chi connectivity index (χ1n) is 9.25. The molecule has 5 heteroatoms. The molecule has 3 N–H and O–H groups in total. The van der Waals surface area contributed by atoms with Gasteiger partial charge in [0.05, 0.1) is 6.17 Å². The zero-order valence-electron chi connectivity index (χ0n) is 14.4. The minimum absolute atomic E-state index is 0.0767. The average molecular weight is 329 g/mol. The van der Waals surface area contributed by atoms with Crippen molar-refractivity contribution in [2.45, 2.75) is 57.0 Å². The van der Waals surface area contributed by atoms with E-state index in [4.69, 9.17) is 4.74 Å². The molecule has 3 aliphatic rings. The normalized spacial score (nSPS) is 28.8. The first-order valence-corrected chi connectivity index (χ1v) is 9.25. The molecular formula is C19H27N3O2. The number of carbonyl (C=O) groups excluding carboxylic acids is 1. The largest absolute Gasteiger partial charge is 0.412 e. The van der Waals surface area contributed by atoms with Crippen LogP contribution in [-0.4, -0.2) is 25.3 Å². The van der Waals surface area contributed by atoms with Crippen molar-refractivity contribution in [3.8, 4) is 5.75 Å². The molecule has 0 aromatic heterocycles. The van der Waals surface area contributed by atoms with Crippen LogP contribution in [0.3, 0.4) is 0 Å². The number of hydrogen-bond donors (Lipinski definition) is 3. The Morgan fingerprint density at radius 1 is 1.33 bits per heavy atom. The molecule has 1 aromatic rings. The Morgan fingerprint density at radius 2 is 2.17 bits per heavy atom. The van der Waals surface area contributed by atoms with E-state index < -0.39 is 0 Å². The van der Waals surface area contributed by atoms with E-state index in [0.717, 1.165) is 25.2 Å². The lowest BCUT2D eigenvalue weighted by Crippen LogP contribution is -2.38. The lowest BCUT2D eigenvalue weighted by atomic mass is 9.81. The quantitative estimate of drug-likeness (QED) is 0.796. The second-order valence-electron chi connectivity index (χ2n) is 7.68. The van der Waals surface area contributed by atoms with Crippen LogP contribution in [0.25, 0.3) is 0 Å². The predicted octanol–water partition coefficient (Wildman–Crippen LogP) is 3.36. The fourth-order valence-corrected chi connectivity index (χ4v) is 4.45. The smallest absolute Gasteiger partial charge is 0.410 e. The number of benzene rings is 1. The Hall–Kier alpha value is -1.75. The SMILES string of the molecule is C[C@@]12CCNC1Nc1ccc(OC(=O)NCC3CCCCC3)cc12. The molecule has 2 heterocycles. The van der Waals surface area contributed by atoms with Gasteiger partial charge in [-0.05, 0) is 55.5 Å². The van der Waals surface area contributed by atoms with E-state index in [9.17, 15) is 4.79 Å². The van der Waals surface area contributed by atoms with Crippen molar-refractivity contribution in [3.63, 3.8) is 0 Å². The zero-order valence-corrected chi connectivity index (χ0v) is 14.4. The highest BCUT2D eigenvalue weighted by atomic mass is 16.6. The molecule has 130 valence electrons. The van der Waals surface area contributed by atoms with Gasteiger partial charge < -0.3 is 15.4 Å². The zero-order chi connectivity index (χ0) is 16.6. The van der Waals surface area contributed by atoms with Gasteiger partial charge in [-0.1, -0.05) is 26.2 Å². The summed E-state index contributed by atoms with van der Waals surface area (Å²) >= 11 is 0. The minimum Gasteiger partial charge on any atom is -0.410 e. The lowest BCUT2D eigenvalue weighted by Gasteiger charge is -2.23. The van der Waals surface area contributed by atoms with Crippen LogP contribution >= 0.6 is 0 Å². The Balaban J connectivity index is 1.38. The number of hydrogen-bond acceptors (Lipinski definition) is 4. The van der Waals surface area contributed by atoms with Crippen molar-refractivity contribution in [1.29, 1.82) is 0 Å². The van der Waals surface area contributed by atoms with Crippen LogP contribution in [0, 0.1) is 5.92 Å². The highest BCUT2D eigenvalue weighted by molar-refractivity contribution is 5.72. The van der Waals surface area contributed by atoms with E-state index >= 15 is 0 Å². The highest BCUT2D eigenvalue weighted by Gasteiger charge is 2.46. The maximum atomic E-state index is 12.1. The van der Waals surface area contributed by atoms with Gasteiger partial charge in [0.25, 0.3) is 0 Å². The van der Waals surface area contributed by atoms with Crippen LogP contribution < -0.4 is 20.7 Å². The number of ether oxygens (including phenoxy) is 1. The standard InChI is InChI=1S/C19H27N3O2/c1-19-9-10-20-17(19)22-16-8-7-14(11-15(16)19)24-18(23)21-12-13-5-3-2-4-6-13/h7-8,11,13,17,20,22H,2-6,9-10,12H2,1H3,(H,21,23)/t17?,19-/m0/s1. The van der Waals surface area contributed by atoms with Crippen LogP contribution in [0.5, 0.6) is 5.75 Å². The van der Waals surface area contributed by atoms with Gasteiger partial charge in [0.15, 0.2) is 0 Å². The van der Waals surface area contributed by atoms with E-state index in [2.05, 4.69) is 22.9 Å². The minimum atomic E-state index is -0.335. The van der Waals surface area contributed by atoms with Crippen LogP contribution in [0.4, 0.5) is 10.5 Å². The number of fused-ring (bicyclic) bond motifs is 3. The molecule has 1 saturated heterocycles. The Bertz CT molecular complexity index is 627. The maximum absolute atomic E-state index is 12.1. The molecular weight excluding hydrogens is 302 g/mol. The fourth-order valence-electron chi connectivity index (χ4n) is 4.45. The molecule has 24 heavy (non-hydrogen) atoms. The highest BCUT2D eigenvalue weighted by Crippen LogP contribution is 2.46. The van der Waals surface area contributed by atoms with Gasteiger partial charge >= 0.3 is 6.09 Å². The van der Waals surface area contributed by atoms with E-state index in [1.54, 1.807) is 0 Å². The molecule has 2 atom stereocenters. The summed E-state index contributed by atoms with van der Waals surface area (Å²) in [6, 6.07) is 5.91. The number of anilines is 1. The summed E-state index contributed by atoms with van der Waals surface area (Å²) in [5.74, 6) is 1.24. The van der Waals surface area contributed by atoms with Crippen molar-refractivity contribution >= 4 is 11.8 Å². The maximum Gasteiger partial charge on any atom is 0.412 e. The topological polar surface area (TPSA) is 62.4 Å².